The number of imidazole rings is 1. The SMILES string of the molecule is O=S(=O)(c1ccccc1)c1ccc(C(Cn2ccnc2)SCc2ccc(Cl)cc2)cc1. The molecule has 0 amide bonds. The van der Waals surface area contributed by atoms with Crippen molar-refractivity contribution in [3.63, 3.8) is 0 Å². The summed E-state index contributed by atoms with van der Waals surface area (Å²) in [4.78, 5) is 4.74. The summed E-state index contributed by atoms with van der Waals surface area (Å²) in [6.07, 6.45) is 5.49. The molecule has 0 radical (unpaired) electrons. The van der Waals surface area contributed by atoms with Crippen molar-refractivity contribution in [2.24, 2.45) is 0 Å². The zero-order chi connectivity index (χ0) is 21.7. The highest BCUT2D eigenvalue weighted by molar-refractivity contribution is 7.98. The van der Waals surface area contributed by atoms with E-state index >= 15 is 0 Å². The number of hydrogen-bond acceptors (Lipinski definition) is 4. The number of benzene rings is 3. The van der Waals surface area contributed by atoms with E-state index in [2.05, 4.69) is 4.98 Å². The molecule has 158 valence electrons. The molecular formula is C24H21ClN2O2S2. The summed E-state index contributed by atoms with van der Waals surface area (Å²) in [5.74, 6) is 0.820. The molecule has 0 saturated heterocycles. The normalized spacial score (nSPS) is 12.5. The lowest BCUT2D eigenvalue weighted by molar-refractivity contribution is 0.596. The van der Waals surface area contributed by atoms with E-state index in [1.807, 2.05) is 47.2 Å². The Balaban J connectivity index is 1.56. The molecule has 7 heteroatoms. The quantitative estimate of drug-likeness (QED) is 0.316. The molecule has 0 saturated carbocycles. The van der Waals surface area contributed by atoms with E-state index < -0.39 is 9.84 Å². The summed E-state index contributed by atoms with van der Waals surface area (Å²) >= 11 is 7.80. The van der Waals surface area contributed by atoms with Crippen LogP contribution in [0.25, 0.3) is 0 Å². The summed E-state index contributed by atoms with van der Waals surface area (Å²) in [6.45, 7) is 0.739. The summed E-state index contributed by atoms with van der Waals surface area (Å²) < 4.78 is 27.8. The second-order valence-electron chi connectivity index (χ2n) is 7.07. The van der Waals surface area contributed by atoms with Gasteiger partial charge in [-0.15, -0.1) is 11.8 Å². The molecule has 1 aromatic heterocycles. The summed E-state index contributed by atoms with van der Waals surface area (Å²) in [6, 6.07) is 23.6. The van der Waals surface area contributed by atoms with Gasteiger partial charge in [-0.05, 0) is 47.5 Å². The minimum Gasteiger partial charge on any atom is -0.336 e. The Labute approximate surface area is 191 Å². The minimum atomic E-state index is -3.53. The molecule has 1 atom stereocenters. The third-order valence-corrected chi connectivity index (χ3v) is 8.28. The second kappa shape index (κ2) is 9.73. The maximum Gasteiger partial charge on any atom is 0.206 e. The van der Waals surface area contributed by atoms with Crippen molar-refractivity contribution in [3.8, 4) is 0 Å². The number of hydrogen-bond donors (Lipinski definition) is 0. The first-order valence-electron chi connectivity index (χ1n) is 9.74. The van der Waals surface area contributed by atoms with Gasteiger partial charge in [0.25, 0.3) is 0 Å². The van der Waals surface area contributed by atoms with Crippen molar-refractivity contribution in [1.29, 1.82) is 0 Å². The van der Waals surface area contributed by atoms with E-state index in [1.54, 1.807) is 66.8 Å². The number of rotatable bonds is 8. The standard InChI is InChI=1S/C24H21ClN2O2S2/c25-21-10-6-19(7-11-21)17-30-24(16-27-15-14-26-18-27)20-8-12-23(13-9-20)31(28,29)22-4-2-1-3-5-22/h1-15,18,24H,16-17H2. The summed E-state index contributed by atoms with van der Waals surface area (Å²) in [7, 11) is -3.53. The van der Waals surface area contributed by atoms with Gasteiger partial charge in [-0.3, -0.25) is 0 Å². The van der Waals surface area contributed by atoms with Crippen LogP contribution in [0.15, 0.2) is 107 Å². The van der Waals surface area contributed by atoms with Crippen molar-refractivity contribution in [1.82, 2.24) is 9.55 Å². The fourth-order valence-corrected chi connectivity index (χ4v) is 5.84. The predicted octanol–water partition coefficient (Wildman–Crippen LogP) is 6.04. The number of halogens is 1. The van der Waals surface area contributed by atoms with Crippen molar-refractivity contribution in [2.75, 3.05) is 0 Å². The van der Waals surface area contributed by atoms with Gasteiger partial charge in [0.1, 0.15) is 0 Å². The number of aromatic nitrogens is 2. The maximum atomic E-state index is 12.9. The molecule has 0 aliphatic heterocycles. The first kappa shape index (κ1) is 21.7. The molecular weight excluding hydrogens is 448 g/mol. The predicted molar refractivity (Wildman–Crippen MR) is 126 cm³/mol. The molecule has 0 aliphatic carbocycles. The Kier molecular flexibility index (Phi) is 6.80. The minimum absolute atomic E-state index is 0.137. The Morgan fingerprint density at radius 1 is 0.903 bits per heavy atom. The largest absolute Gasteiger partial charge is 0.336 e. The first-order valence-corrected chi connectivity index (χ1v) is 12.7. The Hall–Kier alpha value is -2.54. The maximum absolute atomic E-state index is 12.9. The van der Waals surface area contributed by atoms with Gasteiger partial charge in [-0.25, -0.2) is 13.4 Å². The number of thioether (sulfide) groups is 1. The Bertz CT molecular complexity index is 1210. The molecule has 4 aromatic rings. The van der Waals surface area contributed by atoms with Crippen molar-refractivity contribution in [3.05, 3.63) is 114 Å². The lowest BCUT2D eigenvalue weighted by Gasteiger charge is -2.18. The van der Waals surface area contributed by atoms with Gasteiger partial charge in [-0.1, -0.05) is 54.1 Å². The van der Waals surface area contributed by atoms with E-state index in [0.29, 0.717) is 9.79 Å². The fraction of sp³-hybridized carbons (Fsp3) is 0.125. The van der Waals surface area contributed by atoms with Crippen LogP contribution in [0.2, 0.25) is 5.02 Å². The van der Waals surface area contributed by atoms with Crippen LogP contribution in [0.3, 0.4) is 0 Å². The van der Waals surface area contributed by atoms with Crippen LogP contribution < -0.4 is 0 Å². The highest BCUT2D eigenvalue weighted by Gasteiger charge is 2.19. The third-order valence-electron chi connectivity index (χ3n) is 4.92. The lowest BCUT2D eigenvalue weighted by atomic mass is 10.1. The first-order chi connectivity index (χ1) is 15.0. The number of sulfone groups is 1. The summed E-state index contributed by atoms with van der Waals surface area (Å²) in [5, 5.41) is 0.859. The topological polar surface area (TPSA) is 52.0 Å². The highest BCUT2D eigenvalue weighted by atomic mass is 35.5. The zero-order valence-electron chi connectivity index (χ0n) is 16.6. The van der Waals surface area contributed by atoms with Crippen molar-refractivity contribution in [2.45, 2.75) is 27.3 Å². The van der Waals surface area contributed by atoms with Crippen LogP contribution in [-0.2, 0) is 22.1 Å². The van der Waals surface area contributed by atoms with Gasteiger partial charge < -0.3 is 4.57 Å². The van der Waals surface area contributed by atoms with Crippen LogP contribution in [0.1, 0.15) is 16.4 Å². The molecule has 1 heterocycles. The average Bonchev–Trinajstić information content (AvgIpc) is 3.32. The average molecular weight is 469 g/mol. The second-order valence-corrected chi connectivity index (χ2v) is 10.6. The van der Waals surface area contributed by atoms with E-state index in [-0.39, 0.29) is 5.25 Å². The molecule has 0 bridgehead atoms. The fourth-order valence-electron chi connectivity index (χ4n) is 3.22. The van der Waals surface area contributed by atoms with Crippen LogP contribution in [0.5, 0.6) is 0 Å². The van der Waals surface area contributed by atoms with Crippen molar-refractivity contribution >= 4 is 33.2 Å². The molecule has 31 heavy (non-hydrogen) atoms. The van der Waals surface area contributed by atoms with Crippen LogP contribution in [-0.4, -0.2) is 18.0 Å². The van der Waals surface area contributed by atoms with E-state index in [9.17, 15) is 8.42 Å². The molecule has 0 aliphatic rings. The monoisotopic (exact) mass is 468 g/mol. The number of nitrogens with zero attached hydrogens (tertiary/aromatic N) is 2. The van der Waals surface area contributed by atoms with Gasteiger partial charge >= 0.3 is 0 Å². The van der Waals surface area contributed by atoms with Gasteiger partial charge in [0, 0.05) is 35.0 Å². The Morgan fingerprint density at radius 3 is 2.23 bits per heavy atom. The Morgan fingerprint density at radius 2 is 1.58 bits per heavy atom. The molecule has 0 N–H and O–H groups in total. The van der Waals surface area contributed by atoms with E-state index in [1.165, 1.54) is 5.56 Å². The molecule has 0 spiro atoms. The molecule has 3 aromatic carbocycles. The van der Waals surface area contributed by atoms with E-state index in [4.69, 9.17) is 11.6 Å². The molecule has 0 fully saturated rings. The highest BCUT2D eigenvalue weighted by Crippen LogP contribution is 2.34. The van der Waals surface area contributed by atoms with Crippen LogP contribution in [0, 0.1) is 0 Å². The van der Waals surface area contributed by atoms with Gasteiger partial charge in [-0.2, -0.15) is 0 Å². The van der Waals surface area contributed by atoms with Crippen LogP contribution in [0.4, 0.5) is 0 Å². The molecule has 1 unspecified atom stereocenters. The van der Waals surface area contributed by atoms with Gasteiger partial charge in [0.2, 0.25) is 9.84 Å². The molecule has 4 rings (SSSR count). The lowest BCUT2D eigenvalue weighted by Crippen LogP contribution is -2.07. The van der Waals surface area contributed by atoms with E-state index in [0.717, 1.165) is 22.9 Å². The zero-order valence-corrected chi connectivity index (χ0v) is 19.0. The molecule has 4 nitrogen and oxygen atoms in total. The van der Waals surface area contributed by atoms with Gasteiger partial charge in [0.15, 0.2) is 0 Å². The smallest absolute Gasteiger partial charge is 0.206 e. The third kappa shape index (κ3) is 5.39. The van der Waals surface area contributed by atoms with Crippen LogP contribution >= 0.6 is 23.4 Å². The van der Waals surface area contributed by atoms with Gasteiger partial charge in [0.05, 0.1) is 16.1 Å². The summed E-state index contributed by atoms with van der Waals surface area (Å²) in [5.41, 5.74) is 2.26. The van der Waals surface area contributed by atoms with Crippen molar-refractivity contribution < 1.29 is 8.42 Å².